The van der Waals surface area contributed by atoms with Crippen LogP contribution in [0.4, 0.5) is 11.4 Å². The summed E-state index contributed by atoms with van der Waals surface area (Å²) in [6, 6.07) is 3.77. The van der Waals surface area contributed by atoms with E-state index >= 15 is 0 Å². The maximum atomic E-state index is 11.7. The van der Waals surface area contributed by atoms with Gasteiger partial charge in [0.05, 0.1) is 11.4 Å². The van der Waals surface area contributed by atoms with Crippen molar-refractivity contribution < 1.29 is 4.79 Å². The van der Waals surface area contributed by atoms with E-state index in [1.165, 1.54) is 0 Å². The van der Waals surface area contributed by atoms with Crippen molar-refractivity contribution in [3.63, 3.8) is 0 Å². The molecule has 0 saturated heterocycles. The first-order valence-electron chi connectivity index (χ1n) is 4.91. The van der Waals surface area contributed by atoms with Crippen LogP contribution in [0.25, 0.3) is 0 Å². The Morgan fingerprint density at radius 3 is 2.93 bits per heavy atom. The molecule has 0 unspecified atom stereocenters. The summed E-state index contributed by atoms with van der Waals surface area (Å²) >= 11 is 6.05. The van der Waals surface area contributed by atoms with Gasteiger partial charge in [0.15, 0.2) is 0 Å². The van der Waals surface area contributed by atoms with E-state index in [0.717, 1.165) is 16.9 Å². The highest BCUT2D eigenvalue weighted by Gasteiger charge is 2.21. The van der Waals surface area contributed by atoms with Crippen LogP contribution in [-0.2, 0) is 4.79 Å². The van der Waals surface area contributed by atoms with Crippen molar-refractivity contribution in [2.24, 2.45) is 0 Å². The van der Waals surface area contributed by atoms with Gasteiger partial charge < -0.3 is 10.2 Å². The van der Waals surface area contributed by atoms with E-state index in [9.17, 15) is 4.79 Å². The summed E-state index contributed by atoms with van der Waals surface area (Å²) in [7, 11) is 1.79. The molecule has 15 heavy (non-hydrogen) atoms. The number of amides is 1. The van der Waals surface area contributed by atoms with Gasteiger partial charge in [0, 0.05) is 25.0 Å². The number of nitrogens with one attached hydrogen (secondary N) is 1. The molecule has 0 spiro atoms. The summed E-state index contributed by atoms with van der Waals surface area (Å²) in [6.45, 7) is 2.61. The van der Waals surface area contributed by atoms with Crippen molar-refractivity contribution in [3.05, 3.63) is 22.7 Å². The van der Waals surface area contributed by atoms with Crippen molar-refractivity contribution in [1.29, 1.82) is 0 Å². The number of anilines is 2. The van der Waals surface area contributed by atoms with E-state index in [1.807, 2.05) is 19.1 Å². The van der Waals surface area contributed by atoms with Crippen LogP contribution in [0.3, 0.4) is 0 Å². The molecular weight excluding hydrogens is 212 g/mol. The lowest BCUT2D eigenvalue weighted by Crippen LogP contribution is -2.25. The Labute approximate surface area is 94.0 Å². The number of nitrogens with zero attached hydrogens (tertiary/aromatic N) is 1. The Bertz CT molecular complexity index is 417. The van der Waals surface area contributed by atoms with Crippen molar-refractivity contribution in [3.8, 4) is 0 Å². The fourth-order valence-electron chi connectivity index (χ4n) is 1.85. The summed E-state index contributed by atoms with van der Waals surface area (Å²) in [5, 5.41) is 3.92. The van der Waals surface area contributed by atoms with E-state index in [-0.39, 0.29) is 5.91 Å². The van der Waals surface area contributed by atoms with Gasteiger partial charge in [-0.25, -0.2) is 0 Å². The van der Waals surface area contributed by atoms with Crippen molar-refractivity contribution in [1.82, 2.24) is 0 Å². The Morgan fingerprint density at radius 2 is 2.20 bits per heavy atom. The third-order valence-electron chi connectivity index (χ3n) is 2.73. The van der Waals surface area contributed by atoms with E-state index in [4.69, 9.17) is 11.6 Å². The van der Waals surface area contributed by atoms with Crippen molar-refractivity contribution in [2.75, 3.05) is 23.8 Å². The van der Waals surface area contributed by atoms with E-state index in [0.29, 0.717) is 18.0 Å². The molecule has 0 radical (unpaired) electrons. The summed E-state index contributed by atoms with van der Waals surface area (Å²) in [6.07, 6.45) is 0.516. The molecule has 0 fully saturated rings. The Balaban J connectivity index is 2.60. The van der Waals surface area contributed by atoms with Crippen LogP contribution in [0.5, 0.6) is 0 Å². The standard InChI is InChI=1S/C11H13ClN2O/c1-7-8(12)3-4-9-11(7)14(2)10(15)5-6-13-9/h3-4,13H,5-6H2,1-2H3. The van der Waals surface area contributed by atoms with Crippen LogP contribution in [0.15, 0.2) is 12.1 Å². The minimum atomic E-state index is 0.117. The molecular formula is C11H13ClN2O. The second kappa shape index (κ2) is 3.74. The highest BCUT2D eigenvalue weighted by Crippen LogP contribution is 2.35. The van der Waals surface area contributed by atoms with Crippen LogP contribution in [0, 0.1) is 6.92 Å². The average Bonchev–Trinajstić information content (AvgIpc) is 2.35. The monoisotopic (exact) mass is 224 g/mol. The minimum absolute atomic E-state index is 0.117. The maximum Gasteiger partial charge on any atom is 0.228 e. The number of benzene rings is 1. The zero-order valence-corrected chi connectivity index (χ0v) is 9.56. The van der Waals surface area contributed by atoms with Crippen molar-refractivity contribution >= 4 is 28.9 Å². The lowest BCUT2D eigenvalue weighted by atomic mass is 10.1. The topological polar surface area (TPSA) is 32.3 Å². The molecule has 1 aliphatic heterocycles. The Kier molecular flexibility index (Phi) is 2.57. The van der Waals surface area contributed by atoms with Gasteiger partial charge in [-0.1, -0.05) is 11.6 Å². The fraction of sp³-hybridized carbons (Fsp3) is 0.364. The van der Waals surface area contributed by atoms with Crippen molar-refractivity contribution in [2.45, 2.75) is 13.3 Å². The fourth-order valence-corrected chi connectivity index (χ4v) is 2.00. The van der Waals surface area contributed by atoms with Crippen LogP contribution in [0.2, 0.25) is 5.02 Å². The molecule has 0 aliphatic carbocycles. The second-order valence-electron chi connectivity index (χ2n) is 3.70. The lowest BCUT2D eigenvalue weighted by molar-refractivity contribution is -0.118. The first-order valence-corrected chi connectivity index (χ1v) is 5.28. The molecule has 4 heteroatoms. The predicted molar refractivity (Wildman–Crippen MR) is 62.7 cm³/mol. The van der Waals surface area contributed by atoms with Crippen LogP contribution in [0.1, 0.15) is 12.0 Å². The van der Waals surface area contributed by atoms with E-state index in [1.54, 1.807) is 11.9 Å². The number of carbonyl (C=O) groups is 1. The predicted octanol–water partition coefficient (Wildman–Crippen LogP) is 2.43. The number of hydrogen-bond donors (Lipinski definition) is 1. The SMILES string of the molecule is Cc1c(Cl)ccc2c1N(C)C(=O)CCN2. The Morgan fingerprint density at radius 1 is 1.47 bits per heavy atom. The van der Waals surface area contributed by atoms with Gasteiger partial charge in [0.25, 0.3) is 0 Å². The molecule has 1 aliphatic rings. The number of rotatable bonds is 0. The van der Waals surface area contributed by atoms with Gasteiger partial charge in [-0.2, -0.15) is 0 Å². The molecule has 0 aromatic heterocycles. The van der Waals surface area contributed by atoms with Gasteiger partial charge in [-0.05, 0) is 24.6 Å². The molecule has 1 heterocycles. The van der Waals surface area contributed by atoms with Gasteiger partial charge in [-0.3, -0.25) is 4.79 Å². The van der Waals surface area contributed by atoms with Gasteiger partial charge in [0.1, 0.15) is 0 Å². The summed E-state index contributed by atoms with van der Waals surface area (Å²) in [5.74, 6) is 0.117. The van der Waals surface area contributed by atoms with Crippen LogP contribution >= 0.6 is 11.6 Å². The second-order valence-corrected chi connectivity index (χ2v) is 4.11. The van der Waals surface area contributed by atoms with Crippen LogP contribution < -0.4 is 10.2 Å². The minimum Gasteiger partial charge on any atom is -0.383 e. The quantitative estimate of drug-likeness (QED) is 0.734. The number of carbonyl (C=O) groups excluding carboxylic acids is 1. The number of hydrogen-bond acceptors (Lipinski definition) is 2. The molecule has 1 aromatic rings. The summed E-state index contributed by atoms with van der Waals surface area (Å²) in [4.78, 5) is 13.4. The molecule has 0 bridgehead atoms. The zero-order valence-electron chi connectivity index (χ0n) is 8.80. The third kappa shape index (κ3) is 1.67. The molecule has 80 valence electrons. The van der Waals surface area contributed by atoms with Gasteiger partial charge >= 0.3 is 0 Å². The molecule has 1 aromatic carbocycles. The van der Waals surface area contributed by atoms with Gasteiger partial charge in [0.2, 0.25) is 5.91 Å². The summed E-state index contributed by atoms with van der Waals surface area (Å²) in [5.41, 5.74) is 2.81. The molecule has 3 nitrogen and oxygen atoms in total. The average molecular weight is 225 g/mol. The molecule has 1 amide bonds. The normalized spacial score (nSPS) is 15.7. The third-order valence-corrected chi connectivity index (χ3v) is 3.14. The highest BCUT2D eigenvalue weighted by molar-refractivity contribution is 6.32. The largest absolute Gasteiger partial charge is 0.383 e. The number of fused-ring (bicyclic) bond motifs is 1. The van der Waals surface area contributed by atoms with Gasteiger partial charge in [-0.15, -0.1) is 0 Å². The number of halogens is 1. The highest BCUT2D eigenvalue weighted by atomic mass is 35.5. The smallest absolute Gasteiger partial charge is 0.228 e. The lowest BCUT2D eigenvalue weighted by Gasteiger charge is -2.20. The molecule has 1 N–H and O–H groups in total. The zero-order chi connectivity index (χ0) is 11.0. The van der Waals surface area contributed by atoms with Crippen LogP contribution in [-0.4, -0.2) is 19.5 Å². The Hall–Kier alpha value is -1.22. The molecule has 0 atom stereocenters. The maximum absolute atomic E-state index is 11.7. The first-order chi connectivity index (χ1) is 7.11. The van der Waals surface area contributed by atoms with E-state index < -0.39 is 0 Å². The molecule has 2 rings (SSSR count). The summed E-state index contributed by atoms with van der Waals surface area (Å²) < 4.78 is 0. The van der Waals surface area contributed by atoms with E-state index in [2.05, 4.69) is 5.32 Å². The first kappa shape index (κ1) is 10.3. The molecule has 0 saturated carbocycles.